The van der Waals surface area contributed by atoms with Crippen LogP contribution in [-0.4, -0.2) is 98.9 Å². The quantitative estimate of drug-likeness (QED) is 0.173. The second-order valence-corrected chi connectivity index (χ2v) is 11.9. The predicted octanol–water partition coefficient (Wildman–Crippen LogP) is 2.83. The number of aliphatic imine (C=N–C) groups is 1. The van der Waals surface area contributed by atoms with Crippen LogP contribution >= 0.6 is 0 Å². The van der Waals surface area contributed by atoms with Crippen LogP contribution in [0.1, 0.15) is 96.5 Å². The molecule has 1 saturated heterocycles. The molecular formula is C33H40N2O10. The molecule has 0 spiro atoms. The minimum atomic E-state index is -2.02. The van der Waals surface area contributed by atoms with Gasteiger partial charge in [0.1, 0.15) is 29.0 Å². The number of aliphatic hydroxyl groups excluding tert-OH is 1. The van der Waals surface area contributed by atoms with Crippen molar-refractivity contribution in [1.29, 1.82) is 0 Å². The monoisotopic (exact) mass is 624 g/mol. The number of phenols is 2. The van der Waals surface area contributed by atoms with Gasteiger partial charge in [-0.2, -0.15) is 0 Å². The Labute approximate surface area is 261 Å². The van der Waals surface area contributed by atoms with Crippen LogP contribution in [0.4, 0.5) is 0 Å². The van der Waals surface area contributed by atoms with Gasteiger partial charge in [-0.1, -0.05) is 12.1 Å². The number of ketones is 3. The summed E-state index contributed by atoms with van der Waals surface area (Å²) < 4.78 is 17.6. The van der Waals surface area contributed by atoms with Crippen LogP contribution in [-0.2, 0) is 20.7 Å². The van der Waals surface area contributed by atoms with Crippen molar-refractivity contribution >= 4 is 23.2 Å². The van der Waals surface area contributed by atoms with Gasteiger partial charge in [-0.15, -0.1) is 0 Å². The maximum Gasteiger partial charge on any atom is 0.202 e. The number of phenolic OH excluding ortho intramolecular Hbond substituents is 2. The summed E-state index contributed by atoms with van der Waals surface area (Å²) in [5.74, 6) is -2.42. The third-order valence-electron chi connectivity index (χ3n) is 9.30. The van der Waals surface area contributed by atoms with Crippen molar-refractivity contribution in [2.75, 3.05) is 20.2 Å². The molecule has 2 aromatic carbocycles. The number of aromatic hydroxyl groups is 2. The fourth-order valence-electron chi connectivity index (χ4n) is 6.73. The fraction of sp³-hybridized carbons (Fsp3) is 0.515. The van der Waals surface area contributed by atoms with Crippen molar-refractivity contribution in [2.45, 2.75) is 90.1 Å². The molecule has 1 heterocycles. The highest BCUT2D eigenvalue weighted by molar-refractivity contribution is 6.31. The number of methoxy groups -OCH3 is 1. The van der Waals surface area contributed by atoms with E-state index in [9.17, 15) is 34.8 Å². The average Bonchev–Trinajstić information content (AvgIpc) is 3.00. The molecule has 5 rings (SSSR count). The highest BCUT2D eigenvalue weighted by Crippen LogP contribution is 2.52. The summed E-state index contributed by atoms with van der Waals surface area (Å²) >= 11 is 0. The van der Waals surface area contributed by atoms with Crippen LogP contribution in [0.15, 0.2) is 23.2 Å². The number of hydrogen-bond acceptors (Lipinski definition) is 11. The first-order valence-electron chi connectivity index (χ1n) is 15.2. The second-order valence-electron chi connectivity index (χ2n) is 11.9. The Morgan fingerprint density at radius 2 is 1.76 bits per heavy atom. The molecule has 4 unspecified atom stereocenters. The lowest BCUT2D eigenvalue weighted by molar-refractivity contribution is -0.247. The van der Waals surface area contributed by atoms with E-state index in [0.717, 1.165) is 18.9 Å². The molecule has 2 aliphatic carbocycles. The zero-order valence-corrected chi connectivity index (χ0v) is 26.3. The van der Waals surface area contributed by atoms with Gasteiger partial charge in [-0.3, -0.25) is 19.4 Å². The Balaban J connectivity index is 1.60. The molecule has 12 nitrogen and oxygen atoms in total. The minimum Gasteiger partial charge on any atom is -0.507 e. The Morgan fingerprint density at radius 3 is 2.38 bits per heavy atom. The lowest BCUT2D eigenvalue weighted by atomic mass is 9.72. The average molecular weight is 625 g/mol. The van der Waals surface area contributed by atoms with E-state index >= 15 is 0 Å². The molecule has 1 fully saturated rings. The van der Waals surface area contributed by atoms with Crippen LogP contribution in [0.3, 0.4) is 0 Å². The van der Waals surface area contributed by atoms with E-state index in [1.54, 1.807) is 6.92 Å². The number of rotatable bonds is 7. The van der Waals surface area contributed by atoms with E-state index in [2.05, 4.69) is 0 Å². The van der Waals surface area contributed by atoms with Crippen molar-refractivity contribution in [1.82, 2.24) is 4.90 Å². The number of ether oxygens (including phenoxy) is 3. The molecule has 2 aromatic rings. The number of carbonyl (C=O) groups excluding carboxylic acids is 3. The van der Waals surface area contributed by atoms with E-state index in [4.69, 9.17) is 19.2 Å². The molecular weight excluding hydrogens is 584 g/mol. The summed E-state index contributed by atoms with van der Waals surface area (Å²) in [6, 6.07) is 3.86. The SMILES string of the molecule is CCN(CC)C(C)=N[C@@H]1CC(O[C@H]2CC(O)(C(C)=O)Cc3c(O)c4c(c(O)c32)C(=O)c2c(OC)cccc2C4=O)OC(C)C1O. The predicted molar refractivity (Wildman–Crippen MR) is 162 cm³/mol. The van der Waals surface area contributed by atoms with Gasteiger partial charge < -0.3 is 39.5 Å². The number of aliphatic hydroxyl groups is 2. The Hall–Kier alpha value is -3.84. The Bertz CT molecular complexity index is 1580. The van der Waals surface area contributed by atoms with Gasteiger partial charge in [-0.05, 0) is 40.7 Å². The van der Waals surface area contributed by atoms with Crippen LogP contribution in [0.2, 0.25) is 0 Å². The maximum absolute atomic E-state index is 13.8. The van der Waals surface area contributed by atoms with Gasteiger partial charge in [0.25, 0.3) is 0 Å². The molecule has 0 amide bonds. The highest BCUT2D eigenvalue weighted by atomic mass is 16.7. The van der Waals surface area contributed by atoms with Crippen molar-refractivity contribution < 1.29 is 49.0 Å². The van der Waals surface area contributed by atoms with E-state index in [0.29, 0.717) is 0 Å². The molecule has 0 aromatic heterocycles. The molecule has 0 saturated carbocycles. The van der Waals surface area contributed by atoms with Crippen LogP contribution in [0.25, 0.3) is 0 Å². The third-order valence-corrected chi connectivity index (χ3v) is 9.30. The first-order chi connectivity index (χ1) is 21.3. The topological polar surface area (TPSA) is 175 Å². The van der Waals surface area contributed by atoms with Crippen LogP contribution in [0.5, 0.6) is 17.2 Å². The molecule has 0 radical (unpaired) electrons. The first-order valence-corrected chi connectivity index (χ1v) is 15.2. The Morgan fingerprint density at radius 1 is 1.09 bits per heavy atom. The summed E-state index contributed by atoms with van der Waals surface area (Å²) in [7, 11) is 1.35. The molecule has 12 heteroatoms. The standard InChI is InChI=1S/C33H40N2O10/c1-7-35(8-2)17(5)34-20-12-23(44-15(3)28(20)37)45-22-14-33(42,16(4)36)13-19-25(22)32(41)27-26(30(19)39)29(38)18-10-9-11-21(43-6)24(18)31(27)40/h9-11,15,20,22-23,28,37,39,41-42H,7-8,12-14H2,1-6H3/t15?,20-,22+,23?,28?,33?/m1/s1. The number of benzene rings is 2. The smallest absolute Gasteiger partial charge is 0.202 e. The zero-order chi connectivity index (χ0) is 33.0. The summed E-state index contributed by atoms with van der Waals surface area (Å²) in [6.45, 7) is 10.2. The Kier molecular flexibility index (Phi) is 8.80. The maximum atomic E-state index is 13.8. The highest BCUT2D eigenvalue weighted by Gasteiger charge is 2.49. The number of carbonyl (C=O) groups is 3. The molecule has 1 aliphatic heterocycles. The van der Waals surface area contributed by atoms with Crippen LogP contribution < -0.4 is 4.74 Å². The first kappa shape index (κ1) is 32.6. The lowest BCUT2D eigenvalue weighted by Gasteiger charge is -2.42. The molecule has 3 aliphatic rings. The second kappa shape index (κ2) is 12.2. The largest absolute Gasteiger partial charge is 0.507 e. The summed E-state index contributed by atoms with van der Waals surface area (Å²) in [5.41, 5.74) is -3.03. The number of nitrogens with zero attached hydrogens (tertiary/aromatic N) is 2. The van der Waals surface area contributed by atoms with Gasteiger partial charge in [0.2, 0.25) is 5.78 Å². The summed E-state index contributed by atoms with van der Waals surface area (Å²) in [6.07, 6.45) is -4.55. The van der Waals surface area contributed by atoms with Gasteiger partial charge in [0.15, 0.2) is 17.9 Å². The van der Waals surface area contributed by atoms with E-state index in [-0.39, 0.29) is 40.8 Å². The number of hydrogen-bond donors (Lipinski definition) is 4. The number of amidine groups is 1. The van der Waals surface area contributed by atoms with Crippen molar-refractivity contribution in [3.63, 3.8) is 0 Å². The lowest BCUT2D eigenvalue weighted by Crippen LogP contribution is -2.49. The molecule has 0 bridgehead atoms. The van der Waals surface area contributed by atoms with E-state index < -0.39 is 82.6 Å². The number of Topliss-reactive ketones (excluding diaryl/α,β-unsaturated/α-hetero) is 1. The van der Waals surface area contributed by atoms with Crippen molar-refractivity contribution in [3.8, 4) is 17.2 Å². The molecule has 4 N–H and O–H groups in total. The molecule has 242 valence electrons. The normalized spacial score (nSPS) is 27.8. The van der Waals surface area contributed by atoms with Gasteiger partial charge in [-0.25, -0.2) is 0 Å². The van der Waals surface area contributed by atoms with Crippen molar-refractivity contribution in [3.05, 3.63) is 51.6 Å². The third kappa shape index (κ3) is 5.39. The molecule has 45 heavy (non-hydrogen) atoms. The van der Waals surface area contributed by atoms with Crippen LogP contribution in [0, 0.1) is 0 Å². The minimum absolute atomic E-state index is 0.0123. The van der Waals surface area contributed by atoms with Gasteiger partial charge in [0.05, 0.1) is 47.9 Å². The fourth-order valence-corrected chi connectivity index (χ4v) is 6.73. The number of fused-ring (bicyclic) bond motifs is 3. The van der Waals surface area contributed by atoms with E-state index in [1.807, 2.05) is 25.7 Å². The van der Waals surface area contributed by atoms with Gasteiger partial charge in [0, 0.05) is 49.0 Å². The van der Waals surface area contributed by atoms with E-state index in [1.165, 1.54) is 32.2 Å². The summed E-state index contributed by atoms with van der Waals surface area (Å²) in [5, 5.41) is 45.5. The molecule has 6 atom stereocenters. The van der Waals surface area contributed by atoms with Gasteiger partial charge >= 0.3 is 0 Å². The van der Waals surface area contributed by atoms with Crippen molar-refractivity contribution in [2.24, 2.45) is 4.99 Å². The summed E-state index contributed by atoms with van der Waals surface area (Å²) in [4.78, 5) is 47.0. The zero-order valence-electron chi connectivity index (χ0n) is 26.3.